The number of halogens is 1. The standard InChI is InChI=1S/C19H32FNO/c1-17-8-5-13(22)11-12(17)3-4-14-15(17)6-9-18(2)16(14)7-10-19(18,20)21/h12-16,22H,3-11,21H2,1-2H3/t12?,13?,14-,15-,16+,17+,18+,19?/m1/s1. The van der Waals surface area contributed by atoms with Crippen LogP contribution in [0.2, 0.25) is 0 Å². The third kappa shape index (κ3) is 1.84. The fourth-order valence-corrected chi connectivity index (χ4v) is 7.26. The van der Waals surface area contributed by atoms with Crippen molar-refractivity contribution in [2.24, 2.45) is 40.2 Å². The minimum absolute atomic E-state index is 0.0857. The quantitative estimate of drug-likeness (QED) is 0.664. The molecule has 4 fully saturated rings. The summed E-state index contributed by atoms with van der Waals surface area (Å²) in [5.41, 5.74) is 6.15. The average Bonchev–Trinajstić information content (AvgIpc) is 2.70. The first-order valence-electron chi connectivity index (χ1n) is 9.44. The molecule has 0 amide bonds. The lowest BCUT2D eigenvalue weighted by Gasteiger charge is -2.61. The van der Waals surface area contributed by atoms with E-state index in [4.69, 9.17) is 5.73 Å². The van der Waals surface area contributed by atoms with E-state index in [1.165, 1.54) is 12.8 Å². The number of fused-ring (bicyclic) bond motifs is 5. The Morgan fingerprint density at radius 2 is 1.68 bits per heavy atom. The van der Waals surface area contributed by atoms with Gasteiger partial charge in [-0.2, -0.15) is 0 Å². The second kappa shape index (κ2) is 4.69. The molecule has 22 heavy (non-hydrogen) atoms. The van der Waals surface area contributed by atoms with Gasteiger partial charge in [0.1, 0.15) is 0 Å². The van der Waals surface area contributed by atoms with E-state index in [1.54, 1.807) is 0 Å². The summed E-state index contributed by atoms with van der Waals surface area (Å²) in [7, 11) is 0. The Balaban J connectivity index is 1.64. The molecule has 126 valence electrons. The summed E-state index contributed by atoms with van der Waals surface area (Å²) in [6.45, 7) is 4.60. The van der Waals surface area contributed by atoms with Crippen LogP contribution in [0.3, 0.4) is 0 Å². The lowest BCUT2D eigenvalue weighted by Crippen LogP contribution is -2.57. The summed E-state index contributed by atoms with van der Waals surface area (Å²) in [5.74, 6) is 1.09. The van der Waals surface area contributed by atoms with Gasteiger partial charge in [0.25, 0.3) is 0 Å². The predicted molar refractivity (Wildman–Crippen MR) is 85.8 cm³/mol. The van der Waals surface area contributed by atoms with Gasteiger partial charge in [0.2, 0.25) is 0 Å². The average molecular weight is 309 g/mol. The summed E-state index contributed by atoms with van der Waals surface area (Å²) in [6.07, 6.45) is 9.11. The Morgan fingerprint density at radius 3 is 2.45 bits per heavy atom. The Morgan fingerprint density at radius 1 is 0.955 bits per heavy atom. The second-order valence-electron chi connectivity index (χ2n) is 9.44. The molecule has 2 nitrogen and oxygen atoms in total. The molecule has 0 saturated heterocycles. The molecule has 4 aliphatic carbocycles. The van der Waals surface area contributed by atoms with Crippen molar-refractivity contribution in [2.45, 2.75) is 83.5 Å². The molecule has 3 unspecified atom stereocenters. The van der Waals surface area contributed by atoms with Gasteiger partial charge in [0.15, 0.2) is 5.79 Å². The summed E-state index contributed by atoms with van der Waals surface area (Å²) in [4.78, 5) is 0. The van der Waals surface area contributed by atoms with Crippen molar-refractivity contribution < 1.29 is 9.50 Å². The van der Waals surface area contributed by atoms with Gasteiger partial charge in [0, 0.05) is 5.41 Å². The first kappa shape index (κ1) is 15.4. The first-order chi connectivity index (χ1) is 10.3. The minimum atomic E-state index is -1.46. The van der Waals surface area contributed by atoms with Crippen molar-refractivity contribution in [3.8, 4) is 0 Å². The van der Waals surface area contributed by atoms with E-state index in [9.17, 15) is 9.50 Å². The maximum atomic E-state index is 14.9. The van der Waals surface area contributed by atoms with Gasteiger partial charge in [-0.25, -0.2) is 4.39 Å². The van der Waals surface area contributed by atoms with Crippen LogP contribution in [0, 0.1) is 34.5 Å². The van der Waals surface area contributed by atoms with E-state index in [0.717, 1.165) is 44.4 Å². The van der Waals surface area contributed by atoms with Gasteiger partial charge in [-0.15, -0.1) is 0 Å². The summed E-state index contributed by atoms with van der Waals surface area (Å²) >= 11 is 0. The summed E-state index contributed by atoms with van der Waals surface area (Å²) in [5, 5.41) is 10.1. The highest BCUT2D eigenvalue weighted by Crippen LogP contribution is 2.67. The Bertz CT molecular complexity index is 466. The molecule has 0 radical (unpaired) electrons. The molecule has 4 aliphatic rings. The van der Waals surface area contributed by atoms with Crippen molar-refractivity contribution in [1.29, 1.82) is 0 Å². The van der Waals surface area contributed by atoms with Gasteiger partial charge >= 0.3 is 0 Å². The third-order valence-electron chi connectivity index (χ3n) is 8.80. The maximum Gasteiger partial charge on any atom is 0.164 e. The zero-order chi connectivity index (χ0) is 15.8. The van der Waals surface area contributed by atoms with Crippen LogP contribution in [0.1, 0.15) is 71.6 Å². The molecular formula is C19H32FNO. The van der Waals surface area contributed by atoms with Crippen LogP contribution in [0.25, 0.3) is 0 Å². The smallest absolute Gasteiger partial charge is 0.164 e. The Kier molecular flexibility index (Phi) is 3.28. The fourth-order valence-electron chi connectivity index (χ4n) is 7.26. The molecule has 0 aliphatic heterocycles. The lowest BCUT2D eigenvalue weighted by molar-refractivity contribution is -0.140. The van der Waals surface area contributed by atoms with Gasteiger partial charge in [-0.05, 0) is 86.9 Å². The number of aliphatic hydroxyl groups excluding tert-OH is 1. The van der Waals surface area contributed by atoms with Crippen LogP contribution in [0.5, 0.6) is 0 Å². The minimum Gasteiger partial charge on any atom is -0.393 e. The third-order valence-corrected chi connectivity index (χ3v) is 8.80. The van der Waals surface area contributed by atoms with E-state index in [2.05, 4.69) is 13.8 Å². The van der Waals surface area contributed by atoms with E-state index in [1.807, 2.05) is 0 Å². The molecule has 0 aromatic rings. The van der Waals surface area contributed by atoms with E-state index in [0.29, 0.717) is 29.6 Å². The largest absolute Gasteiger partial charge is 0.393 e. The molecule has 8 atom stereocenters. The van der Waals surface area contributed by atoms with E-state index in [-0.39, 0.29) is 11.5 Å². The van der Waals surface area contributed by atoms with Crippen molar-refractivity contribution in [3.05, 3.63) is 0 Å². The van der Waals surface area contributed by atoms with Crippen LogP contribution in [-0.2, 0) is 0 Å². The number of hydrogen-bond acceptors (Lipinski definition) is 2. The molecule has 4 saturated carbocycles. The highest BCUT2D eigenvalue weighted by atomic mass is 19.1. The summed E-state index contributed by atoms with van der Waals surface area (Å²) in [6, 6.07) is 0. The predicted octanol–water partition coefficient (Wildman–Crippen LogP) is 4.01. The lowest BCUT2D eigenvalue weighted by atomic mass is 9.45. The monoisotopic (exact) mass is 309 g/mol. The van der Waals surface area contributed by atoms with Crippen LogP contribution >= 0.6 is 0 Å². The van der Waals surface area contributed by atoms with Crippen molar-refractivity contribution >= 4 is 0 Å². The van der Waals surface area contributed by atoms with Crippen LogP contribution < -0.4 is 5.73 Å². The highest BCUT2D eigenvalue weighted by Gasteiger charge is 2.64. The number of nitrogens with two attached hydrogens (primary N) is 1. The summed E-state index contributed by atoms with van der Waals surface area (Å²) < 4.78 is 14.9. The molecule has 4 rings (SSSR count). The number of hydrogen-bond donors (Lipinski definition) is 2. The van der Waals surface area contributed by atoms with Crippen molar-refractivity contribution in [1.82, 2.24) is 0 Å². The van der Waals surface area contributed by atoms with Crippen LogP contribution in [-0.4, -0.2) is 17.0 Å². The van der Waals surface area contributed by atoms with Gasteiger partial charge in [-0.3, -0.25) is 5.73 Å². The fraction of sp³-hybridized carbons (Fsp3) is 1.00. The first-order valence-corrected chi connectivity index (χ1v) is 9.44. The molecular weight excluding hydrogens is 277 g/mol. The molecule has 0 bridgehead atoms. The number of aliphatic hydroxyl groups is 1. The molecule has 0 spiro atoms. The zero-order valence-corrected chi connectivity index (χ0v) is 14.2. The van der Waals surface area contributed by atoms with E-state index < -0.39 is 5.79 Å². The van der Waals surface area contributed by atoms with Crippen LogP contribution in [0.4, 0.5) is 4.39 Å². The molecule has 0 aromatic carbocycles. The van der Waals surface area contributed by atoms with Gasteiger partial charge < -0.3 is 5.11 Å². The molecule has 0 aromatic heterocycles. The Labute approximate surface area is 134 Å². The highest BCUT2D eigenvalue weighted by molar-refractivity contribution is 5.12. The number of alkyl halides is 1. The van der Waals surface area contributed by atoms with E-state index >= 15 is 0 Å². The second-order valence-corrected chi connectivity index (χ2v) is 9.44. The SMILES string of the molecule is C[C@]12CCC(O)CC1CC[C@@H]1[C@H]2CC[C@@]2(C)[C@H]1CCC2(N)F. The van der Waals surface area contributed by atoms with Gasteiger partial charge in [-0.1, -0.05) is 13.8 Å². The van der Waals surface area contributed by atoms with Crippen molar-refractivity contribution in [3.63, 3.8) is 0 Å². The zero-order valence-electron chi connectivity index (χ0n) is 14.2. The molecule has 3 N–H and O–H groups in total. The number of rotatable bonds is 0. The maximum absolute atomic E-state index is 14.9. The van der Waals surface area contributed by atoms with Gasteiger partial charge in [0.05, 0.1) is 6.10 Å². The topological polar surface area (TPSA) is 46.2 Å². The Hall–Kier alpha value is -0.150. The van der Waals surface area contributed by atoms with Crippen molar-refractivity contribution in [2.75, 3.05) is 0 Å². The normalized spacial score (nSPS) is 61.2. The molecule has 3 heteroatoms. The molecule has 0 heterocycles. The van der Waals surface area contributed by atoms with Crippen LogP contribution in [0.15, 0.2) is 0 Å².